The van der Waals surface area contributed by atoms with E-state index in [-0.39, 0.29) is 0 Å². The third-order valence-corrected chi connectivity index (χ3v) is 2.58. The Hall–Kier alpha value is -1.60. The Labute approximate surface area is 100 Å². The molecule has 0 unspecified atom stereocenters. The standard InChI is InChI=1S/C14H12ClN/c1-11-9-13(15)8-7-12(11)10-16-14-5-3-2-4-6-14/h2-10H,1H3/b16-10+. The minimum absolute atomic E-state index is 0.759. The number of para-hydroxylation sites is 1. The van der Waals surface area contributed by atoms with E-state index in [2.05, 4.69) is 4.99 Å². The van der Waals surface area contributed by atoms with E-state index in [1.54, 1.807) is 0 Å². The normalized spacial score (nSPS) is 10.9. The summed E-state index contributed by atoms with van der Waals surface area (Å²) in [5.74, 6) is 0. The summed E-state index contributed by atoms with van der Waals surface area (Å²) in [6.45, 7) is 2.03. The van der Waals surface area contributed by atoms with Crippen molar-refractivity contribution in [1.29, 1.82) is 0 Å². The highest BCUT2D eigenvalue weighted by Gasteiger charge is 1.95. The molecule has 80 valence electrons. The van der Waals surface area contributed by atoms with Crippen LogP contribution < -0.4 is 0 Å². The van der Waals surface area contributed by atoms with Gasteiger partial charge in [-0.1, -0.05) is 35.9 Å². The molecular weight excluding hydrogens is 218 g/mol. The minimum Gasteiger partial charge on any atom is -0.256 e. The van der Waals surface area contributed by atoms with Crippen molar-refractivity contribution in [2.75, 3.05) is 0 Å². The second-order valence-electron chi connectivity index (χ2n) is 3.59. The molecular formula is C14H12ClN. The Morgan fingerprint density at radius 1 is 1.06 bits per heavy atom. The van der Waals surface area contributed by atoms with Gasteiger partial charge in [0.2, 0.25) is 0 Å². The first-order valence-electron chi connectivity index (χ1n) is 5.11. The number of benzene rings is 2. The van der Waals surface area contributed by atoms with Crippen LogP contribution in [0.3, 0.4) is 0 Å². The highest BCUT2D eigenvalue weighted by Crippen LogP contribution is 2.15. The van der Waals surface area contributed by atoms with Gasteiger partial charge in [-0.3, -0.25) is 4.99 Å². The Kier molecular flexibility index (Phi) is 3.37. The first-order valence-corrected chi connectivity index (χ1v) is 5.49. The lowest BCUT2D eigenvalue weighted by Crippen LogP contribution is -1.85. The molecule has 0 radical (unpaired) electrons. The number of hydrogen-bond acceptors (Lipinski definition) is 1. The molecule has 0 aliphatic rings. The van der Waals surface area contributed by atoms with E-state index in [1.807, 2.05) is 61.7 Å². The highest BCUT2D eigenvalue weighted by atomic mass is 35.5. The summed E-state index contributed by atoms with van der Waals surface area (Å²) in [4.78, 5) is 4.40. The zero-order valence-corrected chi connectivity index (χ0v) is 9.78. The predicted molar refractivity (Wildman–Crippen MR) is 69.9 cm³/mol. The second-order valence-corrected chi connectivity index (χ2v) is 4.03. The van der Waals surface area contributed by atoms with Crippen LogP contribution in [0.4, 0.5) is 5.69 Å². The molecule has 0 aliphatic heterocycles. The van der Waals surface area contributed by atoms with Gasteiger partial charge in [0.25, 0.3) is 0 Å². The lowest BCUT2D eigenvalue weighted by molar-refractivity contribution is 1.44. The molecule has 0 spiro atoms. The average molecular weight is 230 g/mol. The fourth-order valence-corrected chi connectivity index (χ4v) is 1.67. The molecule has 2 aromatic rings. The molecule has 0 bridgehead atoms. The second kappa shape index (κ2) is 4.95. The van der Waals surface area contributed by atoms with E-state index in [0.717, 1.165) is 21.8 Å². The van der Waals surface area contributed by atoms with E-state index in [9.17, 15) is 0 Å². The number of aryl methyl sites for hydroxylation is 1. The van der Waals surface area contributed by atoms with Crippen LogP contribution in [0.15, 0.2) is 53.5 Å². The number of rotatable bonds is 2. The molecule has 0 heterocycles. The molecule has 0 N–H and O–H groups in total. The number of nitrogens with zero attached hydrogens (tertiary/aromatic N) is 1. The molecule has 0 saturated carbocycles. The number of hydrogen-bond donors (Lipinski definition) is 0. The maximum absolute atomic E-state index is 5.89. The summed E-state index contributed by atoms with van der Waals surface area (Å²) >= 11 is 5.89. The average Bonchev–Trinajstić information content (AvgIpc) is 2.29. The van der Waals surface area contributed by atoms with Crippen molar-refractivity contribution in [2.45, 2.75) is 6.92 Å². The molecule has 1 nitrogen and oxygen atoms in total. The molecule has 0 aromatic heterocycles. The smallest absolute Gasteiger partial charge is 0.0629 e. The summed E-state index contributed by atoms with van der Waals surface area (Å²) in [6, 6.07) is 15.7. The molecule has 0 aliphatic carbocycles. The highest BCUT2D eigenvalue weighted by molar-refractivity contribution is 6.30. The van der Waals surface area contributed by atoms with E-state index < -0.39 is 0 Å². The summed E-state index contributed by atoms with van der Waals surface area (Å²) in [5.41, 5.74) is 3.18. The molecule has 2 heteroatoms. The molecule has 2 aromatic carbocycles. The van der Waals surface area contributed by atoms with Gasteiger partial charge in [-0.2, -0.15) is 0 Å². The first-order chi connectivity index (χ1) is 7.75. The lowest BCUT2D eigenvalue weighted by Gasteiger charge is -1.99. The maximum atomic E-state index is 5.89. The van der Waals surface area contributed by atoms with E-state index in [1.165, 1.54) is 0 Å². The van der Waals surface area contributed by atoms with Crippen LogP contribution in [-0.4, -0.2) is 6.21 Å². The minimum atomic E-state index is 0.759. The molecule has 16 heavy (non-hydrogen) atoms. The summed E-state index contributed by atoms with van der Waals surface area (Å²) in [7, 11) is 0. The quantitative estimate of drug-likeness (QED) is 0.677. The molecule has 0 amide bonds. The molecule has 2 rings (SSSR count). The van der Waals surface area contributed by atoms with Crippen molar-refractivity contribution in [3.05, 3.63) is 64.7 Å². The van der Waals surface area contributed by atoms with E-state index in [0.29, 0.717) is 0 Å². The first kappa shape index (κ1) is 10.9. The Bertz CT molecular complexity index is 503. The van der Waals surface area contributed by atoms with Crippen molar-refractivity contribution in [3.8, 4) is 0 Å². The van der Waals surface area contributed by atoms with Crippen molar-refractivity contribution < 1.29 is 0 Å². The van der Waals surface area contributed by atoms with Crippen LogP contribution in [-0.2, 0) is 0 Å². The Balaban J connectivity index is 2.24. The van der Waals surface area contributed by atoms with Crippen molar-refractivity contribution in [1.82, 2.24) is 0 Å². The van der Waals surface area contributed by atoms with Crippen LogP contribution in [0.5, 0.6) is 0 Å². The van der Waals surface area contributed by atoms with Gasteiger partial charge in [-0.05, 0) is 42.3 Å². The van der Waals surface area contributed by atoms with E-state index in [4.69, 9.17) is 11.6 Å². The Morgan fingerprint density at radius 2 is 1.81 bits per heavy atom. The monoisotopic (exact) mass is 229 g/mol. The van der Waals surface area contributed by atoms with Gasteiger partial charge in [0.1, 0.15) is 0 Å². The van der Waals surface area contributed by atoms with E-state index >= 15 is 0 Å². The van der Waals surface area contributed by atoms with Crippen LogP contribution in [0.25, 0.3) is 0 Å². The molecule has 0 atom stereocenters. The van der Waals surface area contributed by atoms with Crippen LogP contribution in [0.1, 0.15) is 11.1 Å². The molecule has 0 saturated heterocycles. The Morgan fingerprint density at radius 3 is 2.50 bits per heavy atom. The molecule has 0 fully saturated rings. The number of halogens is 1. The zero-order valence-electron chi connectivity index (χ0n) is 9.02. The van der Waals surface area contributed by atoms with Gasteiger partial charge < -0.3 is 0 Å². The van der Waals surface area contributed by atoms with Gasteiger partial charge in [-0.15, -0.1) is 0 Å². The summed E-state index contributed by atoms with van der Waals surface area (Å²) < 4.78 is 0. The maximum Gasteiger partial charge on any atom is 0.0629 e. The van der Waals surface area contributed by atoms with Gasteiger partial charge in [0, 0.05) is 11.2 Å². The summed E-state index contributed by atoms with van der Waals surface area (Å²) in [5, 5.41) is 0.759. The van der Waals surface area contributed by atoms with Crippen molar-refractivity contribution >= 4 is 23.5 Å². The van der Waals surface area contributed by atoms with Crippen molar-refractivity contribution in [3.63, 3.8) is 0 Å². The SMILES string of the molecule is Cc1cc(Cl)ccc1/C=N/c1ccccc1. The lowest BCUT2D eigenvalue weighted by atomic mass is 10.1. The van der Waals surface area contributed by atoms with Gasteiger partial charge in [0.15, 0.2) is 0 Å². The van der Waals surface area contributed by atoms with Crippen LogP contribution in [0.2, 0.25) is 5.02 Å². The van der Waals surface area contributed by atoms with Gasteiger partial charge in [-0.25, -0.2) is 0 Å². The van der Waals surface area contributed by atoms with Gasteiger partial charge in [0.05, 0.1) is 5.69 Å². The topological polar surface area (TPSA) is 12.4 Å². The fourth-order valence-electron chi connectivity index (χ4n) is 1.44. The van der Waals surface area contributed by atoms with Crippen molar-refractivity contribution in [2.24, 2.45) is 4.99 Å². The third-order valence-electron chi connectivity index (χ3n) is 2.34. The van der Waals surface area contributed by atoms with Gasteiger partial charge >= 0.3 is 0 Å². The largest absolute Gasteiger partial charge is 0.256 e. The number of aliphatic imine (C=N–C) groups is 1. The predicted octanol–water partition coefficient (Wildman–Crippen LogP) is 4.40. The fraction of sp³-hybridized carbons (Fsp3) is 0.0714. The van der Waals surface area contributed by atoms with Crippen LogP contribution in [0, 0.1) is 6.92 Å². The van der Waals surface area contributed by atoms with Crippen LogP contribution >= 0.6 is 11.6 Å². The zero-order chi connectivity index (χ0) is 11.4. The third kappa shape index (κ3) is 2.71. The summed E-state index contributed by atoms with van der Waals surface area (Å²) in [6.07, 6.45) is 1.86.